The van der Waals surface area contributed by atoms with E-state index in [-0.39, 0.29) is 41.1 Å². The highest BCUT2D eigenvalue weighted by atomic mass is 19.4. The second kappa shape index (κ2) is 7.94. The third-order valence-electron chi connectivity index (χ3n) is 5.74. The average Bonchev–Trinajstić information content (AvgIpc) is 3.16. The lowest BCUT2D eigenvalue weighted by molar-refractivity contribution is -0.136. The Morgan fingerprint density at radius 3 is 2.77 bits per heavy atom. The van der Waals surface area contributed by atoms with Crippen molar-refractivity contribution >= 4 is 17.0 Å². The number of fused-ring (bicyclic) bond motifs is 1. The zero-order valence-corrected chi connectivity index (χ0v) is 17.5. The Balaban J connectivity index is 1.72. The Labute approximate surface area is 177 Å². The minimum absolute atomic E-state index is 0.101. The van der Waals surface area contributed by atoms with E-state index in [1.54, 1.807) is 44.1 Å². The smallest absolute Gasteiger partial charge is 0.338 e. The average molecular weight is 432 g/mol. The number of nitrogens with zero attached hydrogens (tertiary/aromatic N) is 4. The summed E-state index contributed by atoms with van der Waals surface area (Å²) in [5.74, 6) is -0.715. The fraction of sp³-hybridized carbons (Fsp3) is 0.455. The summed E-state index contributed by atoms with van der Waals surface area (Å²) in [7, 11) is 0. The highest BCUT2D eigenvalue weighted by Crippen LogP contribution is 2.40. The van der Waals surface area contributed by atoms with Crippen LogP contribution in [0.3, 0.4) is 0 Å². The molecule has 0 radical (unpaired) electrons. The number of alkyl halides is 3. The molecule has 1 aliphatic rings. The van der Waals surface area contributed by atoms with E-state index in [2.05, 4.69) is 15.1 Å². The molecule has 0 aliphatic carbocycles. The first kappa shape index (κ1) is 21.3. The van der Waals surface area contributed by atoms with Gasteiger partial charge in [0.2, 0.25) is 0 Å². The number of carbonyl (C=O) groups excluding carboxylic acids is 1. The molecule has 9 heteroatoms. The van der Waals surface area contributed by atoms with Crippen LogP contribution in [0.15, 0.2) is 29.0 Å². The highest BCUT2D eigenvalue weighted by Gasteiger charge is 2.38. The standard InChI is InChI=1S/C22H23F3N4O2/c1-12(2)17-9-16(22(23,24)25)18-19(28-31-20(18)27-17)14-5-4-8-29(11-14)21(30)15-6-7-26-10-13(15)3/h6-7,9-10,12,14H,4-5,8,11H2,1-3H3/t14-/m0/s1. The normalized spacial score (nSPS) is 17.5. The van der Waals surface area contributed by atoms with Crippen LogP contribution in [0.4, 0.5) is 13.2 Å². The van der Waals surface area contributed by atoms with Gasteiger partial charge in [0.05, 0.1) is 16.6 Å². The molecule has 4 rings (SSSR count). The summed E-state index contributed by atoms with van der Waals surface area (Å²) >= 11 is 0. The zero-order valence-electron chi connectivity index (χ0n) is 17.5. The number of aromatic nitrogens is 3. The van der Waals surface area contributed by atoms with Crippen molar-refractivity contribution in [3.05, 3.63) is 52.6 Å². The van der Waals surface area contributed by atoms with Gasteiger partial charge in [0.15, 0.2) is 0 Å². The maximum absolute atomic E-state index is 13.9. The number of piperidine rings is 1. The van der Waals surface area contributed by atoms with Crippen LogP contribution in [-0.4, -0.2) is 39.0 Å². The molecule has 1 aliphatic heterocycles. The molecular weight excluding hydrogens is 409 g/mol. The van der Waals surface area contributed by atoms with Crippen molar-refractivity contribution in [3.63, 3.8) is 0 Å². The lowest BCUT2D eigenvalue weighted by Gasteiger charge is -2.32. The van der Waals surface area contributed by atoms with Crippen LogP contribution >= 0.6 is 0 Å². The van der Waals surface area contributed by atoms with Gasteiger partial charge in [0.1, 0.15) is 0 Å². The van der Waals surface area contributed by atoms with Crippen molar-refractivity contribution in [1.82, 2.24) is 20.0 Å². The fourth-order valence-electron chi connectivity index (χ4n) is 4.06. The van der Waals surface area contributed by atoms with E-state index in [1.165, 1.54) is 0 Å². The summed E-state index contributed by atoms with van der Waals surface area (Å²) in [6, 6.07) is 2.74. The molecule has 0 spiro atoms. The third-order valence-corrected chi connectivity index (χ3v) is 5.74. The van der Waals surface area contributed by atoms with E-state index in [0.29, 0.717) is 30.6 Å². The molecule has 6 nitrogen and oxygen atoms in total. The Hall–Kier alpha value is -2.97. The first-order valence-corrected chi connectivity index (χ1v) is 10.2. The van der Waals surface area contributed by atoms with Crippen molar-refractivity contribution in [1.29, 1.82) is 0 Å². The van der Waals surface area contributed by atoms with Gasteiger partial charge in [-0.05, 0) is 43.4 Å². The van der Waals surface area contributed by atoms with E-state index < -0.39 is 11.7 Å². The minimum Gasteiger partial charge on any atom is -0.338 e. The molecule has 31 heavy (non-hydrogen) atoms. The predicted molar refractivity (Wildman–Crippen MR) is 108 cm³/mol. The van der Waals surface area contributed by atoms with Crippen LogP contribution in [-0.2, 0) is 6.18 Å². The zero-order chi connectivity index (χ0) is 22.3. The van der Waals surface area contributed by atoms with Crippen LogP contribution in [0.5, 0.6) is 0 Å². The van der Waals surface area contributed by atoms with E-state index in [1.807, 2.05) is 0 Å². The maximum atomic E-state index is 13.9. The lowest BCUT2D eigenvalue weighted by Crippen LogP contribution is -2.39. The first-order valence-electron chi connectivity index (χ1n) is 10.2. The third kappa shape index (κ3) is 4.00. The minimum atomic E-state index is -4.57. The van der Waals surface area contributed by atoms with Crippen LogP contribution < -0.4 is 0 Å². The van der Waals surface area contributed by atoms with E-state index >= 15 is 0 Å². The SMILES string of the molecule is Cc1cnccc1C(=O)N1CCC[C@H](c2noc3nc(C(C)C)cc(C(F)(F)F)c23)C1. The molecule has 3 aromatic rings. The number of halogens is 3. The molecule has 164 valence electrons. The molecule has 0 saturated carbocycles. The number of hydrogen-bond donors (Lipinski definition) is 0. The summed E-state index contributed by atoms with van der Waals surface area (Å²) in [6.07, 6.45) is -0.116. The van der Waals surface area contributed by atoms with Gasteiger partial charge in [-0.25, -0.2) is 4.98 Å². The number of carbonyl (C=O) groups is 1. The van der Waals surface area contributed by atoms with Gasteiger partial charge in [-0.1, -0.05) is 19.0 Å². The summed E-state index contributed by atoms with van der Waals surface area (Å²) in [4.78, 5) is 22.9. The van der Waals surface area contributed by atoms with Gasteiger partial charge in [-0.3, -0.25) is 9.78 Å². The Kier molecular flexibility index (Phi) is 5.45. The second-order valence-corrected chi connectivity index (χ2v) is 8.28. The molecular formula is C22H23F3N4O2. The number of hydrogen-bond acceptors (Lipinski definition) is 5. The highest BCUT2D eigenvalue weighted by molar-refractivity contribution is 5.95. The van der Waals surface area contributed by atoms with Gasteiger partial charge >= 0.3 is 6.18 Å². The number of aryl methyl sites for hydroxylation is 1. The Morgan fingerprint density at radius 2 is 2.10 bits per heavy atom. The van der Waals surface area contributed by atoms with Crippen LogP contribution in [0.25, 0.3) is 11.1 Å². The van der Waals surface area contributed by atoms with Crippen molar-refractivity contribution in [2.75, 3.05) is 13.1 Å². The predicted octanol–water partition coefficient (Wildman–Crippen LogP) is 5.09. The molecule has 4 heterocycles. The van der Waals surface area contributed by atoms with Gasteiger partial charge in [-0.2, -0.15) is 13.2 Å². The quantitative estimate of drug-likeness (QED) is 0.577. The van der Waals surface area contributed by atoms with E-state index in [9.17, 15) is 18.0 Å². The lowest BCUT2D eigenvalue weighted by atomic mass is 9.91. The summed E-state index contributed by atoms with van der Waals surface area (Å²) in [6.45, 7) is 6.16. The molecule has 0 unspecified atom stereocenters. The molecule has 0 aromatic carbocycles. The molecule has 1 amide bonds. The number of pyridine rings is 2. The monoisotopic (exact) mass is 432 g/mol. The molecule has 1 atom stereocenters. The Bertz CT molecular complexity index is 1120. The fourth-order valence-corrected chi connectivity index (χ4v) is 4.06. The van der Waals surface area contributed by atoms with E-state index in [4.69, 9.17) is 4.52 Å². The summed E-state index contributed by atoms with van der Waals surface area (Å²) in [5, 5.41) is 3.89. The van der Waals surface area contributed by atoms with Crippen LogP contribution in [0.2, 0.25) is 0 Å². The van der Waals surface area contributed by atoms with Crippen molar-refractivity contribution < 1.29 is 22.5 Å². The molecule has 0 bridgehead atoms. The topological polar surface area (TPSA) is 72.1 Å². The molecule has 3 aromatic heterocycles. The largest absolute Gasteiger partial charge is 0.417 e. The Morgan fingerprint density at radius 1 is 1.32 bits per heavy atom. The number of likely N-dealkylation sites (tertiary alicyclic amines) is 1. The van der Waals surface area contributed by atoms with Crippen LogP contribution in [0.1, 0.15) is 71.4 Å². The van der Waals surface area contributed by atoms with Crippen LogP contribution in [0, 0.1) is 6.92 Å². The second-order valence-electron chi connectivity index (χ2n) is 8.28. The molecule has 0 N–H and O–H groups in total. The van der Waals surface area contributed by atoms with Crippen molar-refractivity contribution in [2.24, 2.45) is 0 Å². The van der Waals surface area contributed by atoms with Gasteiger partial charge in [-0.15, -0.1) is 0 Å². The van der Waals surface area contributed by atoms with Gasteiger partial charge in [0.25, 0.3) is 11.6 Å². The van der Waals surface area contributed by atoms with Gasteiger partial charge < -0.3 is 9.42 Å². The van der Waals surface area contributed by atoms with E-state index in [0.717, 1.165) is 11.6 Å². The molecule has 1 fully saturated rings. The number of amides is 1. The molecule has 1 saturated heterocycles. The van der Waals surface area contributed by atoms with Crippen molar-refractivity contribution in [2.45, 2.75) is 51.6 Å². The summed E-state index contributed by atoms with van der Waals surface area (Å²) < 4.78 is 46.9. The number of rotatable bonds is 3. The van der Waals surface area contributed by atoms with Gasteiger partial charge in [0, 0.05) is 42.7 Å². The first-order chi connectivity index (χ1) is 14.7. The summed E-state index contributed by atoms with van der Waals surface area (Å²) in [5.41, 5.74) is 0.921. The van der Waals surface area contributed by atoms with Crippen molar-refractivity contribution in [3.8, 4) is 0 Å². The maximum Gasteiger partial charge on any atom is 0.417 e.